The summed E-state index contributed by atoms with van der Waals surface area (Å²) in [4.78, 5) is 0. The lowest BCUT2D eigenvalue weighted by atomic mass is 10.1. The minimum absolute atomic E-state index is 0.144. The highest BCUT2D eigenvalue weighted by Gasteiger charge is 2.02. The van der Waals surface area contributed by atoms with Crippen LogP contribution in [0.5, 0.6) is 0 Å². The van der Waals surface area contributed by atoms with E-state index in [0.29, 0.717) is 5.92 Å². The first-order valence-corrected chi connectivity index (χ1v) is 2.90. The van der Waals surface area contributed by atoms with Gasteiger partial charge in [-0.3, -0.25) is 0 Å². The maximum atomic E-state index is 8.33. The SMILES string of the molecule is CC(C)CC(N)[CH]O. The van der Waals surface area contributed by atoms with Crippen LogP contribution in [0, 0.1) is 12.5 Å². The summed E-state index contributed by atoms with van der Waals surface area (Å²) in [5.41, 5.74) is 5.37. The quantitative estimate of drug-likeness (QED) is 0.575. The molecule has 0 saturated heterocycles. The Bertz CT molecular complexity index is 54.5. The molecule has 0 bridgehead atoms. The molecule has 0 saturated carbocycles. The van der Waals surface area contributed by atoms with Gasteiger partial charge < -0.3 is 10.8 Å². The molecule has 1 radical (unpaired) electrons. The third-order valence-electron chi connectivity index (χ3n) is 0.935. The lowest BCUT2D eigenvalue weighted by Gasteiger charge is -2.08. The maximum absolute atomic E-state index is 8.33. The smallest absolute Gasteiger partial charge is 0.0964 e. The van der Waals surface area contributed by atoms with Crippen molar-refractivity contribution in [3.05, 3.63) is 6.61 Å². The monoisotopic (exact) mass is 116 g/mol. The van der Waals surface area contributed by atoms with Crippen molar-refractivity contribution in [1.82, 2.24) is 0 Å². The van der Waals surface area contributed by atoms with Crippen molar-refractivity contribution in [1.29, 1.82) is 0 Å². The molecule has 0 aliphatic rings. The number of hydrogen-bond acceptors (Lipinski definition) is 2. The Morgan fingerprint density at radius 2 is 2.12 bits per heavy atom. The van der Waals surface area contributed by atoms with Gasteiger partial charge in [0.1, 0.15) is 0 Å². The lowest BCUT2D eigenvalue weighted by Crippen LogP contribution is -2.22. The van der Waals surface area contributed by atoms with Crippen LogP contribution in [-0.4, -0.2) is 11.1 Å². The fraction of sp³-hybridized carbons (Fsp3) is 0.833. The summed E-state index contributed by atoms with van der Waals surface area (Å²) in [7, 11) is 0. The molecule has 2 nitrogen and oxygen atoms in total. The largest absolute Gasteiger partial charge is 0.389 e. The lowest BCUT2D eigenvalue weighted by molar-refractivity contribution is 0.331. The molecule has 0 aliphatic carbocycles. The minimum atomic E-state index is -0.144. The molecule has 0 aromatic carbocycles. The van der Waals surface area contributed by atoms with Gasteiger partial charge in [-0.25, -0.2) is 0 Å². The van der Waals surface area contributed by atoms with Crippen LogP contribution in [0.25, 0.3) is 0 Å². The molecule has 49 valence electrons. The van der Waals surface area contributed by atoms with E-state index < -0.39 is 0 Å². The molecule has 0 heterocycles. The highest BCUT2D eigenvalue weighted by molar-refractivity contribution is 4.69. The van der Waals surface area contributed by atoms with Crippen molar-refractivity contribution in [3.63, 3.8) is 0 Å². The van der Waals surface area contributed by atoms with Gasteiger partial charge in [-0.1, -0.05) is 13.8 Å². The second-order valence-corrected chi connectivity index (χ2v) is 2.44. The highest BCUT2D eigenvalue weighted by Crippen LogP contribution is 2.02. The molecule has 0 aliphatic heterocycles. The van der Waals surface area contributed by atoms with E-state index in [2.05, 4.69) is 13.8 Å². The molecule has 0 spiro atoms. The van der Waals surface area contributed by atoms with E-state index in [-0.39, 0.29) is 6.04 Å². The number of rotatable bonds is 3. The number of aliphatic hydroxyl groups is 1. The van der Waals surface area contributed by atoms with Crippen LogP contribution in [0.2, 0.25) is 0 Å². The first-order chi connectivity index (χ1) is 3.66. The molecular formula is C6H14NO. The van der Waals surface area contributed by atoms with Gasteiger partial charge >= 0.3 is 0 Å². The van der Waals surface area contributed by atoms with Crippen molar-refractivity contribution in [2.75, 3.05) is 0 Å². The van der Waals surface area contributed by atoms with Crippen molar-refractivity contribution >= 4 is 0 Å². The van der Waals surface area contributed by atoms with Crippen molar-refractivity contribution in [2.45, 2.75) is 26.3 Å². The molecule has 0 amide bonds. The van der Waals surface area contributed by atoms with Gasteiger partial charge in [0, 0.05) is 6.04 Å². The van der Waals surface area contributed by atoms with E-state index in [0.717, 1.165) is 13.0 Å². The summed E-state index contributed by atoms with van der Waals surface area (Å²) >= 11 is 0. The normalized spacial score (nSPS) is 14.6. The van der Waals surface area contributed by atoms with Crippen molar-refractivity contribution in [2.24, 2.45) is 11.7 Å². The standard InChI is InChI=1S/C6H14NO/c1-5(2)3-6(7)4-8/h4-6,8H,3,7H2,1-2H3. The average Bonchev–Trinajstić information content (AvgIpc) is 1.65. The fourth-order valence-electron chi connectivity index (χ4n) is 0.605. The second kappa shape index (κ2) is 3.87. The molecule has 1 atom stereocenters. The van der Waals surface area contributed by atoms with E-state index in [9.17, 15) is 0 Å². The molecule has 0 aromatic rings. The molecule has 8 heavy (non-hydrogen) atoms. The number of aliphatic hydroxyl groups excluding tert-OH is 1. The molecule has 0 fully saturated rings. The first kappa shape index (κ1) is 7.92. The van der Waals surface area contributed by atoms with Crippen LogP contribution < -0.4 is 5.73 Å². The van der Waals surface area contributed by atoms with Gasteiger partial charge in [-0.2, -0.15) is 0 Å². The van der Waals surface area contributed by atoms with Crippen LogP contribution in [0.3, 0.4) is 0 Å². The van der Waals surface area contributed by atoms with Gasteiger partial charge in [-0.05, 0) is 12.3 Å². The Morgan fingerprint density at radius 3 is 2.25 bits per heavy atom. The number of nitrogens with two attached hydrogens (primary N) is 1. The Morgan fingerprint density at radius 1 is 1.62 bits per heavy atom. The van der Waals surface area contributed by atoms with Crippen molar-refractivity contribution < 1.29 is 5.11 Å². The summed E-state index contributed by atoms with van der Waals surface area (Å²) in [5.74, 6) is 0.563. The van der Waals surface area contributed by atoms with Gasteiger partial charge in [0.2, 0.25) is 0 Å². The highest BCUT2D eigenvalue weighted by atomic mass is 16.3. The van der Waals surface area contributed by atoms with Crippen LogP contribution in [0.1, 0.15) is 20.3 Å². The Hall–Kier alpha value is -0.0800. The molecule has 0 aromatic heterocycles. The summed E-state index contributed by atoms with van der Waals surface area (Å²) in [5, 5.41) is 8.33. The Balaban J connectivity index is 3.10. The fourth-order valence-corrected chi connectivity index (χ4v) is 0.605. The molecule has 3 N–H and O–H groups in total. The zero-order valence-electron chi connectivity index (χ0n) is 5.46. The van der Waals surface area contributed by atoms with Gasteiger partial charge in [0.15, 0.2) is 0 Å². The minimum Gasteiger partial charge on any atom is -0.389 e. The van der Waals surface area contributed by atoms with Gasteiger partial charge in [0.05, 0.1) is 6.61 Å². The topological polar surface area (TPSA) is 46.2 Å². The van der Waals surface area contributed by atoms with Crippen LogP contribution in [0.15, 0.2) is 0 Å². The van der Waals surface area contributed by atoms with E-state index in [1.165, 1.54) is 0 Å². The zero-order chi connectivity index (χ0) is 6.57. The van der Waals surface area contributed by atoms with Crippen molar-refractivity contribution in [3.8, 4) is 0 Å². The predicted octanol–water partition coefficient (Wildman–Crippen LogP) is 0.894. The summed E-state index contributed by atoms with van der Waals surface area (Å²) in [6, 6.07) is -0.144. The molecular weight excluding hydrogens is 102 g/mol. The zero-order valence-corrected chi connectivity index (χ0v) is 5.46. The van der Waals surface area contributed by atoms with Gasteiger partial charge in [-0.15, -0.1) is 0 Å². The maximum Gasteiger partial charge on any atom is 0.0964 e. The predicted molar refractivity (Wildman–Crippen MR) is 33.7 cm³/mol. The number of hydrogen-bond donors (Lipinski definition) is 2. The third kappa shape index (κ3) is 4.09. The van der Waals surface area contributed by atoms with Crippen LogP contribution >= 0.6 is 0 Å². The average molecular weight is 116 g/mol. The van der Waals surface area contributed by atoms with Crippen LogP contribution in [0.4, 0.5) is 0 Å². The van der Waals surface area contributed by atoms with E-state index in [1.54, 1.807) is 0 Å². The molecule has 1 unspecified atom stereocenters. The molecule has 0 rings (SSSR count). The van der Waals surface area contributed by atoms with E-state index in [4.69, 9.17) is 10.8 Å². The summed E-state index contributed by atoms with van der Waals surface area (Å²) in [6.07, 6.45) is 0.858. The third-order valence-corrected chi connectivity index (χ3v) is 0.935. The Labute approximate surface area is 50.7 Å². The van der Waals surface area contributed by atoms with Gasteiger partial charge in [0.25, 0.3) is 0 Å². The van der Waals surface area contributed by atoms with E-state index in [1.807, 2.05) is 0 Å². The van der Waals surface area contributed by atoms with E-state index >= 15 is 0 Å². The summed E-state index contributed by atoms with van der Waals surface area (Å²) < 4.78 is 0. The van der Waals surface area contributed by atoms with Crippen LogP contribution in [-0.2, 0) is 0 Å². The second-order valence-electron chi connectivity index (χ2n) is 2.44. The first-order valence-electron chi connectivity index (χ1n) is 2.90. The molecule has 2 heteroatoms. The Kier molecular flexibility index (Phi) is 3.83. The summed E-state index contributed by atoms with van der Waals surface area (Å²) in [6.45, 7) is 5.19.